The van der Waals surface area contributed by atoms with Gasteiger partial charge in [0.1, 0.15) is 0 Å². The highest BCUT2D eigenvalue weighted by atomic mass is 35.5. The lowest BCUT2D eigenvalue weighted by Crippen LogP contribution is -2.41. The fourth-order valence-corrected chi connectivity index (χ4v) is 2.23. The second-order valence-corrected chi connectivity index (χ2v) is 5.43. The van der Waals surface area contributed by atoms with Crippen LogP contribution in [0.25, 0.3) is 0 Å². The van der Waals surface area contributed by atoms with E-state index in [1.165, 1.54) is 12.8 Å². The molecule has 0 aromatic rings. The number of hydrogen-bond donors (Lipinski definition) is 2. The zero-order chi connectivity index (χ0) is 13.4. The molecule has 0 radical (unpaired) electrons. The number of rotatable bonds is 7. The maximum atomic E-state index is 11.3. The average Bonchev–Trinajstić information content (AvgIpc) is 2.35. The Balaban J connectivity index is 0. The van der Waals surface area contributed by atoms with Crippen molar-refractivity contribution in [2.24, 2.45) is 11.7 Å². The lowest BCUT2D eigenvalue weighted by atomic mass is 9.97. The van der Waals surface area contributed by atoms with Crippen molar-refractivity contribution >= 4 is 30.7 Å². The molecule has 1 fully saturated rings. The Morgan fingerprint density at radius 1 is 1.30 bits per heavy atom. The fourth-order valence-electron chi connectivity index (χ4n) is 2.23. The zero-order valence-corrected chi connectivity index (χ0v) is 14.3. The molecular weight excluding hydrogens is 299 g/mol. The van der Waals surface area contributed by atoms with E-state index in [1.807, 2.05) is 0 Å². The first-order valence-corrected chi connectivity index (χ1v) is 6.95. The summed E-state index contributed by atoms with van der Waals surface area (Å²) >= 11 is 0. The second kappa shape index (κ2) is 12.7. The van der Waals surface area contributed by atoms with Crippen LogP contribution in [0, 0.1) is 5.92 Å². The number of amides is 1. The zero-order valence-electron chi connectivity index (χ0n) is 12.6. The summed E-state index contributed by atoms with van der Waals surface area (Å²) in [5.41, 5.74) is 5.34. The first kappa shape index (κ1) is 22.2. The van der Waals surface area contributed by atoms with Crippen molar-refractivity contribution in [2.45, 2.75) is 19.3 Å². The third-order valence-corrected chi connectivity index (χ3v) is 3.53. The van der Waals surface area contributed by atoms with E-state index in [2.05, 4.69) is 29.2 Å². The van der Waals surface area contributed by atoms with E-state index in [0.29, 0.717) is 18.9 Å². The first-order chi connectivity index (χ1) is 8.61. The van der Waals surface area contributed by atoms with Gasteiger partial charge >= 0.3 is 0 Å². The second-order valence-electron chi connectivity index (χ2n) is 5.43. The molecule has 0 spiro atoms. The van der Waals surface area contributed by atoms with Crippen LogP contribution in [0.1, 0.15) is 19.3 Å². The number of nitrogens with one attached hydrogen (secondary N) is 1. The van der Waals surface area contributed by atoms with Gasteiger partial charge in [0.2, 0.25) is 5.91 Å². The van der Waals surface area contributed by atoms with Crippen molar-refractivity contribution in [3.63, 3.8) is 0 Å². The Bertz CT molecular complexity index is 247. The molecule has 0 aromatic heterocycles. The van der Waals surface area contributed by atoms with Gasteiger partial charge in [-0.15, -0.1) is 24.8 Å². The first-order valence-electron chi connectivity index (χ1n) is 6.95. The molecule has 0 unspecified atom stereocenters. The van der Waals surface area contributed by atoms with E-state index in [4.69, 9.17) is 5.73 Å². The fraction of sp³-hybridized carbons (Fsp3) is 0.923. The number of likely N-dealkylation sites (N-methyl/N-ethyl adjacent to an activating group) is 1. The Morgan fingerprint density at radius 3 is 2.40 bits per heavy atom. The number of nitrogens with zero attached hydrogens (tertiary/aromatic N) is 2. The van der Waals surface area contributed by atoms with Crippen LogP contribution in [0.5, 0.6) is 0 Å². The molecule has 1 saturated heterocycles. The van der Waals surface area contributed by atoms with Crippen molar-refractivity contribution < 1.29 is 4.79 Å². The van der Waals surface area contributed by atoms with E-state index >= 15 is 0 Å². The van der Waals surface area contributed by atoms with Crippen LogP contribution in [0.3, 0.4) is 0 Å². The smallest absolute Gasteiger partial charge is 0.221 e. The van der Waals surface area contributed by atoms with E-state index < -0.39 is 0 Å². The SMILES string of the molecule is CN(C)CCN1CCC(CNC(=O)CCN)CC1.Cl.Cl. The maximum Gasteiger partial charge on any atom is 0.221 e. The minimum Gasteiger partial charge on any atom is -0.356 e. The topological polar surface area (TPSA) is 61.6 Å². The minimum absolute atomic E-state index is 0. The van der Waals surface area contributed by atoms with Gasteiger partial charge in [0.25, 0.3) is 0 Å². The van der Waals surface area contributed by atoms with E-state index in [1.54, 1.807) is 0 Å². The van der Waals surface area contributed by atoms with Gasteiger partial charge in [0.05, 0.1) is 0 Å². The van der Waals surface area contributed by atoms with Crippen molar-refractivity contribution in [2.75, 3.05) is 53.4 Å². The average molecular weight is 329 g/mol. The molecule has 1 aliphatic rings. The van der Waals surface area contributed by atoms with Crippen molar-refractivity contribution in [3.05, 3.63) is 0 Å². The van der Waals surface area contributed by atoms with Gasteiger partial charge < -0.3 is 20.9 Å². The van der Waals surface area contributed by atoms with E-state index in [0.717, 1.165) is 32.7 Å². The van der Waals surface area contributed by atoms with Crippen LogP contribution in [-0.2, 0) is 4.79 Å². The minimum atomic E-state index is 0. The van der Waals surface area contributed by atoms with Crippen LogP contribution < -0.4 is 11.1 Å². The Labute approximate surface area is 135 Å². The third kappa shape index (κ3) is 9.77. The summed E-state index contributed by atoms with van der Waals surface area (Å²) < 4.78 is 0. The molecule has 1 aliphatic heterocycles. The maximum absolute atomic E-state index is 11.3. The van der Waals surface area contributed by atoms with Crippen LogP contribution in [0.2, 0.25) is 0 Å². The van der Waals surface area contributed by atoms with Crippen LogP contribution >= 0.6 is 24.8 Å². The molecule has 7 heteroatoms. The number of nitrogens with two attached hydrogens (primary N) is 1. The number of likely N-dealkylation sites (tertiary alicyclic amines) is 1. The van der Waals surface area contributed by atoms with Gasteiger partial charge in [-0.2, -0.15) is 0 Å². The molecule has 0 bridgehead atoms. The summed E-state index contributed by atoms with van der Waals surface area (Å²) in [6.45, 7) is 5.85. The number of carbonyl (C=O) groups is 1. The van der Waals surface area contributed by atoms with Gasteiger partial charge in [0, 0.05) is 32.6 Å². The summed E-state index contributed by atoms with van der Waals surface area (Å²) in [6, 6.07) is 0. The highest BCUT2D eigenvalue weighted by Crippen LogP contribution is 2.15. The molecule has 1 amide bonds. The van der Waals surface area contributed by atoms with Crippen molar-refractivity contribution in [1.29, 1.82) is 0 Å². The van der Waals surface area contributed by atoms with Gasteiger partial charge in [0.15, 0.2) is 0 Å². The quantitative estimate of drug-likeness (QED) is 0.717. The molecular formula is C13H30Cl2N4O. The molecule has 5 nitrogen and oxygen atoms in total. The summed E-state index contributed by atoms with van der Waals surface area (Å²) in [4.78, 5) is 16.1. The Hall–Kier alpha value is -0.0700. The lowest BCUT2D eigenvalue weighted by Gasteiger charge is -2.32. The number of halogens is 2. The largest absolute Gasteiger partial charge is 0.356 e. The van der Waals surface area contributed by atoms with Gasteiger partial charge in [-0.1, -0.05) is 0 Å². The van der Waals surface area contributed by atoms with Crippen LogP contribution in [0.15, 0.2) is 0 Å². The van der Waals surface area contributed by atoms with E-state index in [9.17, 15) is 4.79 Å². The highest BCUT2D eigenvalue weighted by molar-refractivity contribution is 5.85. The number of carbonyl (C=O) groups excluding carboxylic acids is 1. The lowest BCUT2D eigenvalue weighted by molar-refractivity contribution is -0.121. The summed E-state index contributed by atoms with van der Waals surface area (Å²) in [6.07, 6.45) is 2.83. The third-order valence-electron chi connectivity index (χ3n) is 3.53. The monoisotopic (exact) mass is 328 g/mol. The van der Waals surface area contributed by atoms with Gasteiger partial charge in [-0.05, 0) is 45.9 Å². The number of hydrogen-bond acceptors (Lipinski definition) is 4. The van der Waals surface area contributed by atoms with Gasteiger partial charge in [-0.25, -0.2) is 0 Å². The van der Waals surface area contributed by atoms with Crippen LogP contribution in [0.4, 0.5) is 0 Å². The molecule has 0 atom stereocenters. The summed E-state index contributed by atoms with van der Waals surface area (Å²) in [5.74, 6) is 0.731. The van der Waals surface area contributed by atoms with Crippen molar-refractivity contribution in [1.82, 2.24) is 15.1 Å². The Morgan fingerprint density at radius 2 is 1.90 bits per heavy atom. The molecule has 20 heavy (non-hydrogen) atoms. The summed E-state index contributed by atoms with van der Waals surface area (Å²) in [5, 5.41) is 2.97. The highest BCUT2D eigenvalue weighted by Gasteiger charge is 2.19. The molecule has 0 saturated carbocycles. The normalized spacial score (nSPS) is 16.4. The number of piperidine rings is 1. The van der Waals surface area contributed by atoms with Crippen molar-refractivity contribution in [3.8, 4) is 0 Å². The predicted octanol–water partition coefficient (Wildman–Crippen LogP) is 0.569. The molecule has 1 rings (SSSR count). The van der Waals surface area contributed by atoms with Gasteiger partial charge in [-0.3, -0.25) is 4.79 Å². The molecule has 0 aromatic carbocycles. The van der Waals surface area contributed by atoms with E-state index in [-0.39, 0.29) is 30.7 Å². The molecule has 122 valence electrons. The molecule has 1 heterocycles. The van der Waals surface area contributed by atoms with Crippen LogP contribution in [-0.4, -0.2) is 69.1 Å². The molecule has 3 N–H and O–H groups in total. The standard InChI is InChI=1S/C13H28N4O.2ClH/c1-16(2)9-10-17-7-4-12(5-8-17)11-15-13(18)3-6-14;;/h12H,3-11,14H2,1-2H3,(H,15,18);2*1H. The Kier molecular flexibility index (Phi) is 14.1. The molecule has 0 aliphatic carbocycles. The summed E-state index contributed by atoms with van der Waals surface area (Å²) in [7, 11) is 4.22. The predicted molar refractivity (Wildman–Crippen MR) is 88.9 cm³/mol.